The molecule has 10 nitrogen and oxygen atoms in total. The predicted molar refractivity (Wildman–Crippen MR) is 142 cm³/mol. The van der Waals surface area contributed by atoms with Crippen molar-refractivity contribution in [2.75, 3.05) is 26.4 Å². The zero-order valence-electron chi connectivity index (χ0n) is 23.0. The topological polar surface area (TPSA) is 124 Å². The second kappa shape index (κ2) is 14.1. The van der Waals surface area contributed by atoms with Gasteiger partial charge in [0.2, 0.25) is 0 Å². The lowest BCUT2D eigenvalue weighted by molar-refractivity contribution is -0.136. The Hall–Kier alpha value is -3.23. The zero-order chi connectivity index (χ0) is 30.2. The average Bonchev–Trinajstić information content (AvgIpc) is 2.90. The quantitative estimate of drug-likeness (QED) is 0.254. The first kappa shape index (κ1) is 32.3. The Morgan fingerprint density at radius 3 is 2.34 bits per heavy atom. The number of sulfonamides is 1. The summed E-state index contributed by atoms with van der Waals surface area (Å²) >= 11 is 0. The number of hydroxylamine groups is 1. The number of benzene rings is 2. The number of aliphatic hydroxyl groups is 1. The second-order valence-corrected chi connectivity index (χ2v) is 11.8. The Morgan fingerprint density at radius 1 is 1.07 bits per heavy atom. The van der Waals surface area contributed by atoms with Crippen LogP contribution < -0.4 is 19.5 Å². The average molecular weight is 605 g/mol. The number of aliphatic hydroxyl groups excluding tert-OH is 1. The molecule has 1 heterocycles. The summed E-state index contributed by atoms with van der Waals surface area (Å²) in [6.45, 7) is 5.37. The molecule has 2 aromatic carbocycles. The number of amides is 1. The number of ether oxygens (including phenoxy) is 3. The number of carbonyl (C=O) groups excluding carboxylic acids is 1. The Labute approximate surface area is 237 Å². The van der Waals surface area contributed by atoms with Crippen LogP contribution in [-0.4, -0.2) is 68.8 Å². The molecule has 2 atom stereocenters. The molecule has 0 saturated carbocycles. The maximum atomic E-state index is 13.4. The van der Waals surface area contributed by atoms with Crippen molar-refractivity contribution in [2.24, 2.45) is 5.92 Å². The number of nitrogens with zero attached hydrogens (tertiary/aromatic N) is 1. The summed E-state index contributed by atoms with van der Waals surface area (Å²) in [4.78, 5) is 17.9. The first-order chi connectivity index (χ1) is 19.2. The number of nitrogens with one attached hydrogen (secondary N) is 1. The highest BCUT2D eigenvalue weighted by atomic mass is 32.2. The van der Waals surface area contributed by atoms with E-state index < -0.39 is 40.9 Å². The van der Waals surface area contributed by atoms with E-state index in [1.165, 1.54) is 25.1 Å². The monoisotopic (exact) mass is 604 g/mol. The maximum absolute atomic E-state index is 13.4. The highest BCUT2D eigenvalue weighted by Crippen LogP contribution is 2.33. The van der Waals surface area contributed by atoms with Crippen LogP contribution in [0.15, 0.2) is 47.4 Å². The third-order valence-corrected chi connectivity index (χ3v) is 7.53. The van der Waals surface area contributed by atoms with Crippen molar-refractivity contribution in [3.8, 4) is 17.2 Å². The van der Waals surface area contributed by atoms with Crippen molar-refractivity contribution in [3.63, 3.8) is 0 Å². The lowest BCUT2D eigenvalue weighted by atomic mass is 10.0. The molecule has 0 bridgehead atoms. The molecule has 0 radical (unpaired) electrons. The van der Waals surface area contributed by atoms with Crippen LogP contribution in [0.25, 0.3) is 0 Å². The van der Waals surface area contributed by atoms with Crippen molar-refractivity contribution in [1.29, 1.82) is 0 Å². The molecule has 2 N–H and O–H groups in total. The number of halogens is 3. The van der Waals surface area contributed by atoms with Crippen molar-refractivity contribution in [1.82, 2.24) is 9.79 Å². The third-order valence-electron chi connectivity index (χ3n) is 5.92. The van der Waals surface area contributed by atoms with E-state index in [0.29, 0.717) is 28.1 Å². The van der Waals surface area contributed by atoms with Gasteiger partial charge in [-0.15, -0.1) is 0 Å². The molecule has 1 aliphatic rings. The van der Waals surface area contributed by atoms with Gasteiger partial charge in [0.05, 0.1) is 30.2 Å². The van der Waals surface area contributed by atoms with Gasteiger partial charge >= 0.3 is 12.3 Å². The van der Waals surface area contributed by atoms with E-state index >= 15 is 0 Å². The van der Waals surface area contributed by atoms with Crippen LogP contribution in [0.3, 0.4) is 0 Å². The number of hydrogen-bond acceptors (Lipinski definition) is 8. The molecule has 0 saturated heterocycles. The Morgan fingerprint density at radius 2 is 1.73 bits per heavy atom. The minimum atomic E-state index is -4.29. The van der Waals surface area contributed by atoms with Crippen molar-refractivity contribution in [3.05, 3.63) is 48.0 Å². The number of carbonyl (C=O) groups is 1. The smallest absolute Gasteiger partial charge is 0.427 e. The second-order valence-electron chi connectivity index (χ2n) is 9.98. The normalized spacial score (nSPS) is 15.0. The van der Waals surface area contributed by atoms with Crippen LogP contribution >= 0.6 is 0 Å². The van der Waals surface area contributed by atoms with Gasteiger partial charge in [-0.05, 0) is 60.0 Å². The third kappa shape index (κ3) is 9.97. The van der Waals surface area contributed by atoms with E-state index in [2.05, 4.69) is 5.32 Å². The highest BCUT2D eigenvalue weighted by molar-refractivity contribution is 7.89. The molecule has 0 aromatic heterocycles. The van der Waals surface area contributed by atoms with Crippen molar-refractivity contribution in [2.45, 2.75) is 63.3 Å². The molecular weight excluding hydrogens is 569 g/mol. The summed E-state index contributed by atoms with van der Waals surface area (Å²) in [5.41, 5.74) is 0.682. The first-order valence-electron chi connectivity index (χ1n) is 13.1. The van der Waals surface area contributed by atoms with Gasteiger partial charge in [0.25, 0.3) is 10.0 Å². The van der Waals surface area contributed by atoms with Crippen LogP contribution in [0, 0.1) is 5.92 Å². The van der Waals surface area contributed by atoms with Crippen LogP contribution in [0.2, 0.25) is 0 Å². The van der Waals surface area contributed by atoms with E-state index in [9.17, 15) is 31.5 Å². The SMILES string of the molecule is CC(C)CN(OC(=O)NC(Cc1ccc(OCCCC(F)(F)F)cc1)C(C)O)S(=O)(=O)c1ccc2c(c1)OCCO2. The molecular formula is C27H35F3N2O8S. The van der Waals surface area contributed by atoms with Gasteiger partial charge < -0.3 is 29.5 Å². The molecule has 0 fully saturated rings. The fourth-order valence-corrected chi connectivity index (χ4v) is 5.23. The minimum absolute atomic E-state index is 0.0927. The first-order valence-corrected chi connectivity index (χ1v) is 14.6. The van der Waals surface area contributed by atoms with Gasteiger partial charge in [-0.25, -0.2) is 13.2 Å². The molecule has 3 rings (SSSR count). The van der Waals surface area contributed by atoms with Crippen LogP contribution in [0.5, 0.6) is 17.2 Å². The lowest BCUT2D eigenvalue weighted by Crippen LogP contribution is -2.47. The van der Waals surface area contributed by atoms with Crippen molar-refractivity contribution >= 4 is 16.1 Å². The summed E-state index contributed by atoms with van der Waals surface area (Å²) in [5.74, 6) is 0.852. The number of fused-ring (bicyclic) bond motifs is 1. The molecule has 2 aromatic rings. The molecule has 2 unspecified atom stereocenters. The fourth-order valence-electron chi connectivity index (χ4n) is 3.84. The van der Waals surface area contributed by atoms with Gasteiger partial charge in [0, 0.05) is 12.5 Å². The van der Waals surface area contributed by atoms with E-state index in [-0.39, 0.29) is 49.2 Å². The number of alkyl halides is 3. The standard InChI is InChI=1S/C27H35F3N2O8S/c1-18(2)17-32(41(35,36)22-9-10-24-25(16-22)39-14-13-38-24)40-26(34)31-23(19(3)33)15-20-5-7-21(8-6-20)37-12-4-11-27(28,29)30/h5-10,16,18-19,23,33H,4,11-15,17H2,1-3H3,(H,31,34). The summed E-state index contributed by atoms with van der Waals surface area (Å²) in [6, 6.07) is 9.71. The molecule has 0 spiro atoms. The lowest BCUT2D eigenvalue weighted by Gasteiger charge is -2.26. The minimum Gasteiger partial charge on any atom is -0.494 e. The maximum Gasteiger partial charge on any atom is 0.427 e. The largest absolute Gasteiger partial charge is 0.494 e. The Balaban J connectivity index is 1.64. The van der Waals surface area contributed by atoms with Crippen LogP contribution in [0.1, 0.15) is 39.2 Å². The van der Waals surface area contributed by atoms with E-state index in [4.69, 9.17) is 19.0 Å². The van der Waals surface area contributed by atoms with Gasteiger partial charge in [0.15, 0.2) is 11.5 Å². The molecule has 228 valence electrons. The summed E-state index contributed by atoms with van der Waals surface area (Å²) in [5, 5.41) is 12.8. The molecule has 14 heteroatoms. The van der Waals surface area contributed by atoms with Gasteiger partial charge in [0.1, 0.15) is 19.0 Å². The van der Waals surface area contributed by atoms with Crippen LogP contribution in [-0.2, 0) is 21.3 Å². The molecule has 41 heavy (non-hydrogen) atoms. The number of hydrogen-bond donors (Lipinski definition) is 2. The van der Waals surface area contributed by atoms with Crippen molar-refractivity contribution < 1.29 is 50.5 Å². The summed E-state index contributed by atoms with van der Waals surface area (Å²) in [7, 11) is -4.29. The number of rotatable bonds is 13. The Kier molecular flexibility index (Phi) is 11.1. The van der Waals surface area contributed by atoms with E-state index in [1.807, 2.05) is 0 Å². The molecule has 1 amide bonds. The zero-order valence-corrected chi connectivity index (χ0v) is 23.8. The molecule has 0 aliphatic carbocycles. The van der Waals surface area contributed by atoms with Gasteiger partial charge in [-0.1, -0.05) is 26.0 Å². The summed E-state index contributed by atoms with van der Waals surface area (Å²) in [6.07, 6.45) is -7.30. The van der Waals surface area contributed by atoms with Crippen LogP contribution in [0.4, 0.5) is 18.0 Å². The fraction of sp³-hybridized carbons (Fsp3) is 0.519. The predicted octanol–water partition coefficient (Wildman–Crippen LogP) is 4.46. The highest BCUT2D eigenvalue weighted by Gasteiger charge is 2.32. The Bertz CT molecular complexity index is 1250. The van der Waals surface area contributed by atoms with E-state index in [0.717, 1.165) is 0 Å². The molecule has 1 aliphatic heterocycles. The van der Waals surface area contributed by atoms with Gasteiger partial charge in [-0.3, -0.25) is 0 Å². The van der Waals surface area contributed by atoms with E-state index in [1.54, 1.807) is 38.1 Å². The van der Waals surface area contributed by atoms with Gasteiger partial charge in [-0.2, -0.15) is 13.2 Å². The summed E-state index contributed by atoms with van der Waals surface area (Å²) < 4.78 is 80.4.